The van der Waals surface area contributed by atoms with E-state index in [0.29, 0.717) is 42.7 Å². The Kier molecular flexibility index (Phi) is 6.28. The molecule has 12 heteroatoms. The average molecular weight is 600 g/mol. The Bertz CT molecular complexity index is 1690. The lowest BCUT2D eigenvalue weighted by Gasteiger charge is -2.34. The van der Waals surface area contributed by atoms with Crippen molar-refractivity contribution in [3.8, 4) is 5.69 Å². The molecule has 37 heavy (non-hydrogen) atoms. The summed E-state index contributed by atoms with van der Waals surface area (Å²) in [5, 5.41) is 4.60. The second-order valence-electron chi connectivity index (χ2n) is 8.82. The Balaban J connectivity index is 1.38. The maximum Gasteiger partial charge on any atom is 0.281 e. The zero-order valence-corrected chi connectivity index (χ0v) is 22.8. The molecule has 5 aromatic rings. The van der Waals surface area contributed by atoms with Gasteiger partial charge >= 0.3 is 0 Å². The highest BCUT2D eigenvalue weighted by molar-refractivity contribution is 9.10. The van der Waals surface area contributed by atoms with E-state index in [0.717, 1.165) is 37.6 Å². The van der Waals surface area contributed by atoms with Gasteiger partial charge < -0.3 is 15.1 Å². The number of nitrogens with one attached hydrogen (secondary N) is 1. The predicted molar refractivity (Wildman–Crippen MR) is 151 cm³/mol. The first-order valence-corrected chi connectivity index (χ1v) is 13.1. The SMILES string of the molecule is CN1CCN(c2ccc(Nc3ncc4c(=O)n(-c5c(Cl)cccc5Br)n5ccnc5c4n3)cc2Cl)CC1. The van der Waals surface area contributed by atoms with Gasteiger partial charge in [0.05, 0.1) is 26.8 Å². The quantitative estimate of drug-likeness (QED) is 0.311. The van der Waals surface area contributed by atoms with E-state index in [1.54, 1.807) is 29.0 Å². The number of hydrogen-bond donors (Lipinski definition) is 1. The van der Waals surface area contributed by atoms with Crippen molar-refractivity contribution >= 4 is 73.0 Å². The van der Waals surface area contributed by atoms with E-state index >= 15 is 0 Å². The molecule has 0 spiro atoms. The minimum atomic E-state index is -0.319. The number of halogens is 3. The van der Waals surface area contributed by atoms with Gasteiger partial charge in [-0.1, -0.05) is 29.3 Å². The summed E-state index contributed by atoms with van der Waals surface area (Å²) in [5.74, 6) is 0.330. The predicted octanol–water partition coefficient (Wildman–Crippen LogP) is 4.99. The fourth-order valence-electron chi connectivity index (χ4n) is 4.53. The van der Waals surface area contributed by atoms with E-state index in [9.17, 15) is 4.79 Å². The van der Waals surface area contributed by atoms with E-state index in [4.69, 9.17) is 23.2 Å². The van der Waals surface area contributed by atoms with Crippen LogP contribution in [0.1, 0.15) is 0 Å². The van der Waals surface area contributed by atoms with Crippen molar-refractivity contribution in [3.63, 3.8) is 0 Å². The minimum absolute atomic E-state index is 0.319. The number of rotatable bonds is 4. The summed E-state index contributed by atoms with van der Waals surface area (Å²) in [5.41, 5.74) is 2.86. The molecule has 1 N–H and O–H groups in total. The monoisotopic (exact) mass is 598 g/mol. The van der Waals surface area contributed by atoms with Crippen LogP contribution in [0.15, 0.2) is 64.3 Å². The number of anilines is 3. The van der Waals surface area contributed by atoms with Crippen LogP contribution in [0.25, 0.3) is 22.2 Å². The first kappa shape index (κ1) is 24.2. The lowest BCUT2D eigenvalue weighted by atomic mass is 10.2. The normalized spacial score (nSPS) is 14.5. The van der Waals surface area contributed by atoms with Crippen molar-refractivity contribution in [2.45, 2.75) is 0 Å². The van der Waals surface area contributed by atoms with Gasteiger partial charge in [0, 0.05) is 54.9 Å². The summed E-state index contributed by atoms with van der Waals surface area (Å²) in [6, 6.07) is 11.2. The molecule has 0 atom stereocenters. The highest BCUT2D eigenvalue weighted by Crippen LogP contribution is 2.31. The summed E-state index contributed by atoms with van der Waals surface area (Å²) in [4.78, 5) is 31.7. The number of para-hydroxylation sites is 1. The third kappa shape index (κ3) is 4.33. The van der Waals surface area contributed by atoms with E-state index < -0.39 is 0 Å². The molecule has 0 saturated carbocycles. The van der Waals surface area contributed by atoms with Gasteiger partial charge in [-0.3, -0.25) is 4.79 Å². The van der Waals surface area contributed by atoms with Crippen LogP contribution in [0.2, 0.25) is 10.0 Å². The lowest BCUT2D eigenvalue weighted by molar-refractivity contribution is 0.313. The van der Waals surface area contributed by atoms with Crippen molar-refractivity contribution in [2.24, 2.45) is 0 Å². The molecule has 0 radical (unpaired) electrons. The molecule has 0 aliphatic carbocycles. The van der Waals surface area contributed by atoms with E-state index in [1.165, 1.54) is 10.9 Å². The zero-order valence-electron chi connectivity index (χ0n) is 19.7. The smallest absolute Gasteiger partial charge is 0.281 e. The van der Waals surface area contributed by atoms with Crippen LogP contribution in [0.5, 0.6) is 0 Å². The van der Waals surface area contributed by atoms with Gasteiger partial charge in [0.15, 0.2) is 5.65 Å². The molecule has 0 bridgehead atoms. The van der Waals surface area contributed by atoms with Crippen LogP contribution in [0, 0.1) is 0 Å². The number of nitrogens with zero attached hydrogens (tertiary/aromatic N) is 7. The molecule has 188 valence electrons. The first-order chi connectivity index (χ1) is 17.9. The molecule has 1 saturated heterocycles. The zero-order chi connectivity index (χ0) is 25.7. The molecule has 6 rings (SSSR count). The van der Waals surface area contributed by atoms with Crippen LogP contribution < -0.4 is 15.8 Å². The van der Waals surface area contributed by atoms with Crippen LogP contribution >= 0.6 is 39.1 Å². The number of imidazole rings is 1. The lowest BCUT2D eigenvalue weighted by Crippen LogP contribution is -2.44. The van der Waals surface area contributed by atoms with Gasteiger partial charge in [-0.05, 0) is 53.3 Å². The van der Waals surface area contributed by atoms with Crippen molar-refractivity contribution in [3.05, 3.63) is 79.9 Å². The number of hydrogen-bond acceptors (Lipinski definition) is 7. The third-order valence-corrected chi connectivity index (χ3v) is 7.71. The Morgan fingerprint density at radius 1 is 1.03 bits per heavy atom. The summed E-state index contributed by atoms with van der Waals surface area (Å²) < 4.78 is 3.77. The average Bonchev–Trinajstić information content (AvgIpc) is 3.36. The standard InChI is InChI=1S/C25H21BrCl2N8O/c1-33-9-11-34(12-10-33)20-6-5-15(13-19(20)28)31-25-30-14-16-21(32-25)23-29-7-8-35(23)36(24(16)37)22-17(26)3-2-4-18(22)27/h2-8,13-14H,9-12H2,1H3,(H,30,31,32). The van der Waals surface area contributed by atoms with Crippen LogP contribution in [-0.4, -0.2) is 62.3 Å². The minimum Gasteiger partial charge on any atom is -0.368 e. The maximum absolute atomic E-state index is 13.6. The molecule has 1 fully saturated rings. The van der Waals surface area contributed by atoms with Crippen LogP contribution in [0.3, 0.4) is 0 Å². The van der Waals surface area contributed by atoms with Gasteiger partial charge in [0.1, 0.15) is 5.52 Å². The van der Waals surface area contributed by atoms with Crippen LogP contribution in [-0.2, 0) is 0 Å². The summed E-state index contributed by atoms with van der Waals surface area (Å²) in [6.07, 6.45) is 4.81. The molecule has 2 aromatic carbocycles. The van der Waals surface area contributed by atoms with Crippen LogP contribution in [0.4, 0.5) is 17.3 Å². The molecule has 0 amide bonds. The summed E-state index contributed by atoms with van der Waals surface area (Å²) in [6.45, 7) is 3.86. The topological polar surface area (TPSA) is 83.6 Å². The van der Waals surface area contributed by atoms with Crippen molar-refractivity contribution in [2.75, 3.05) is 43.4 Å². The Labute approximate surface area is 230 Å². The van der Waals surface area contributed by atoms with Gasteiger partial charge in [-0.2, -0.15) is 0 Å². The number of fused-ring (bicyclic) bond motifs is 3. The number of aromatic nitrogens is 5. The molecule has 3 aromatic heterocycles. The molecular weight excluding hydrogens is 579 g/mol. The fourth-order valence-corrected chi connectivity index (χ4v) is 5.73. The molecule has 4 heterocycles. The Hall–Kier alpha value is -3.18. The Morgan fingerprint density at radius 2 is 1.84 bits per heavy atom. The molecule has 1 aliphatic heterocycles. The fraction of sp³-hybridized carbons (Fsp3) is 0.200. The van der Waals surface area contributed by atoms with Gasteiger partial charge in [0.2, 0.25) is 5.95 Å². The highest BCUT2D eigenvalue weighted by atomic mass is 79.9. The van der Waals surface area contributed by atoms with E-state index in [2.05, 4.69) is 53.0 Å². The van der Waals surface area contributed by atoms with E-state index in [1.807, 2.05) is 24.3 Å². The number of likely N-dealkylation sites (N-methyl/N-ethyl adjacent to an activating group) is 1. The van der Waals surface area contributed by atoms with Gasteiger partial charge in [0.25, 0.3) is 5.56 Å². The van der Waals surface area contributed by atoms with Crippen molar-refractivity contribution in [1.29, 1.82) is 0 Å². The summed E-state index contributed by atoms with van der Waals surface area (Å²) >= 11 is 16.6. The van der Waals surface area contributed by atoms with Crippen molar-refractivity contribution < 1.29 is 0 Å². The Morgan fingerprint density at radius 3 is 2.59 bits per heavy atom. The summed E-state index contributed by atoms with van der Waals surface area (Å²) in [7, 11) is 2.12. The molecule has 0 unspecified atom stereocenters. The maximum atomic E-state index is 13.6. The molecular formula is C25H21BrCl2N8O. The first-order valence-electron chi connectivity index (χ1n) is 11.6. The molecule has 9 nitrogen and oxygen atoms in total. The number of piperazine rings is 1. The van der Waals surface area contributed by atoms with Gasteiger partial charge in [-0.15, -0.1) is 0 Å². The van der Waals surface area contributed by atoms with E-state index in [-0.39, 0.29) is 5.56 Å². The number of benzene rings is 2. The highest BCUT2D eigenvalue weighted by Gasteiger charge is 2.20. The molecule has 1 aliphatic rings. The second-order valence-corrected chi connectivity index (χ2v) is 10.5. The third-order valence-electron chi connectivity index (χ3n) is 6.46. The van der Waals surface area contributed by atoms with Crippen molar-refractivity contribution in [1.82, 2.24) is 29.0 Å². The second kappa shape index (κ2) is 9.60. The largest absolute Gasteiger partial charge is 0.368 e. The van der Waals surface area contributed by atoms with Gasteiger partial charge in [-0.25, -0.2) is 24.1 Å².